The van der Waals surface area contributed by atoms with Crippen molar-refractivity contribution in [3.05, 3.63) is 30.1 Å². The highest BCUT2D eigenvalue weighted by atomic mass is 16.4. The molecule has 0 aromatic carbocycles. The van der Waals surface area contributed by atoms with E-state index < -0.39 is 11.6 Å². The topological polar surface area (TPSA) is 170 Å². The number of amides is 2. The van der Waals surface area contributed by atoms with E-state index in [1.54, 1.807) is 18.6 Å². The number of hydrazone groups is 2. The molecule has 0 spiro atoms. The molecule has 1 aromatic heterocycles. The number of carboxylic acids is 1. The number of nitrogens with two attached hydrogens (primary N) is 1. The van der Waals surface area contributed by atoms with Crippen molar-refractivity contribution in [2.45, 2.75) is 12.6 Å². The number of hydrogen-bond donors (Lipinski definition) is 3. The maximum absolute atomic E-state index is 11.3. The predicted molar refractivity (Wildman–Crippen MR) is 88.1 cm³/mol. The Morgan fingerprint density at radius 1 is 1.56 bits per heavy atom. The fourth-order valence-electron chi connectivity index (χ4n) is 1.54. The molecule has 1 unspecified atom stereocenters. The highest BCUT2D eigenvalue weighted by Gasteiger charge is 2.34. The lowest BCUT2D eigenvalue weighted by Crippen LogP contribution is -2.46. The van der Waals surface area contributed by atoms with Crippen LogP contribution in [0.25, 0.3) is 0 Å². The van der Waals surface area contributed by atoms with Gasteiger partial charge in [0, 0.05) is 18.0 Å². The second kappa shape index (κ2) is 7.83. The van der Waals surface area contributed by atoms with Crippen molar-refractivity contribution < 1.29 is 14.7 Å². The highest BCUT2D eigenvalue weighted by molar-refractivity contribution is 5.98. The first-order valence-corrected chi connectivity index (χ1v) is 6.94. The number of rotatable bonds is 3. The number of nitrogens with one attached hydrogen (secondary N) is 1. The van der Waals surface area contributed by atoms with Gasteiger partial charge in [-0.05, 0) is 18.2 Å². The zero-order chi connectivity index (χ0) is 18.3. The Bertz CT molecular complexity index is 745. The highest BCUT2D eigenvalue weighted by Crippen LogP contribution is 2.06. The fourth-order valence-corrected chi connectivity index (χ4v) is 1.54. The van der Waals surface area contributed by atoms with Gasteiger partial charge in [-0.1, -0.05) is 6.07 Å². The molecule has 12 nitrogen and oxygen atoms in total. The van der Waals surface area contributed by atoms with E-state index in [-0.39, 0.29) is 6.03 Å². The number of nitrogens with zero attached hydrogens (tertiary/aromatic N) is 7. The monoisotopic (exact) mass is 345 g/mol. The Hall–Kier alpha value is -3.54. The third kappa shape index (κ3) is 4.97. The van der Waals surface area contributed by atoms with Crippen molar-refractivity contribution in [3.63, 3.8) is 0 Å². The van der Waals surface area contributed by atoms with Gasteiger partial charge < -0.3 is 5.11 Å². The lowest BCUT2D eigenvalue weighted by Gasteiger charge is -2.20. The van der Waals surface area contributed by atoms with E-state index in [4.69, 9.17) is 10.8 Å². The first kappa shape index (κ1) is 17.8. The van der Waals surface area contributed by atoms with Crippen molar-refractivity contribution in [1.29, 1.82) is 0 Å². The van der Waals surface area contributed by atoms with Crippen LogP contribution in [0, 0.1) is 0 Å². The lowest BCUT2D eigenvalue weighted by molar-refractivity contribution is -0.140. The molecule has 2 aliphatic heterocycles. The summed E-state index contributed by atoms with van der Waals surface area (Å²) in [5.74, 6) is -1.26. The average Bonchev–Trinajstić information content (AvgIpc) is 3.05. The lowest BCUT2D eigenvalue weighted by atomic mass is 10.2. The second-order valence-corrected chi connectivity index (χ2v) is 4.92. The summed E-state index contributed by atoms with van der Waals surface area (Å²) in [6.45, 7) is 2.23. The second-order valence-electron chi connectivity index (χ2n) is 4.92. The molecule has 4 N–H and O–H groups in total. The number of aromatic nitrogens is 1. The van der Waals surface area contributed by atoms with Gasteiger partial charge in [0.15, 0.2) is 0 Å². The smallest absolute Gasteiger partial charge is 0.358 e. The van der Waals surface area contributed by atoms with Gasteiger partial charge in [-0.15, -0.1) is 10.2 Å². The van der Waals surface area contributed by atoms with Crippen LogP contribution in [0.2, 0.25) is 0 Å². The third-order valence-corrected chi connectivity index (χ3v) is 2.85. The van der Waals surface area contributed by atoms with E-state index in [1.165, 1.54) is 5.01 Å². The van der Waals surface area contributed by atoms with Crippen LogP contribution in [0.1, 0.15) is 12.5 Å². The van der Waals surface area contributed by atoms with Crippen LogP contribution in [0.15, 0.2) is 50.2 Å². The number of carboxylic acid groups (broad SMARTS) is 1. The zero-order valence-corrected chi connectivity index (χ0v) is 13.1. The molecule has 0 saturated carbocycles. The van der Waals surface area contributed by atoms with Crippen molar-refractivity contribution in [2.75, 3.05) is 6.54 Å². The molecule has 25 heavy (non-hydrogen) atoms. The number of carbonyl (C=O) groups excluding carboxylic acids is 1. The number of carbonyl (C=O) groups is 2. The number of hydrogen-bond acceptors (Lipinski definition) is 9. The van der Waals surface area contributed by atoms with E-state index in [0.717, 1.165) is 17.5 Å². The van der Waals surface area contributed by atoms with E-state index in [2.05, 4.69) is 36.1 Å². The van der Waals surface area contributed by atoms with E-state index >= 15 is 0 Å². The summed E-state index contributed by atoms with van der Waals surface area (Å²) >= 11 is 0. The van der Waals surface area contributed by atoms with Crippen LogP contribution in [0.4, 0.5) is 4.79 Å². The van der Waals surface area contributed by atoms with Gasteiger partial charge >= 0.3 is 12.0 Å². The molecule has 1 atom stereocenters. The zero-order valence-electron chi connectivity index (χ0n) is 13.1. The summed E-state index contributed by atoms with van der Waals surface area (Å²) in [7, 11) is 0. The predicted octanol–water partition coefficient (Wildman–Crippen LogP) is -0.00580. The molecule has 12 heteroatoms. The number of aliphatic carboxylic acids is 1. The maximum Gasteiger partial charge on any atom is 0.358 e. The van der Waals surface area contributed by atoms with E-state index in [9.17, 15) is 9.59 Å². The first-order chi connectivity index (χ1) is 11.9. The molecule has 130 valence electrons. The summed E-state index contributed by atoms with van der Waals surface area (Å²) in [6, 6.07) is 3.34. The Morgan fingerprint density at radius 3 is 2.92 bits per heavy atom. The Kier molecular flexibility index (Phi) is 5.58. The van der Waals surface area contributed by atoms with Crippen molar-refractivity contribution in [3.8, 4) is 0 Å². The molecule has 1 aromatic rings. The van der Waals surface area contributed by atoms with Gasteiger partial charge in [-0.2, -0.15) is 10.2 Å². The molecule has 3 heterocycles. The molecule has 2 aliphatic rings. The molecule has 0 radical (unpaired) electrons. The van der Waals surface area contributed by atoms with Crippen molar-refractivity contribution in [2.24, 2.45) is 31.4 Å². The van der Waals surface area contributed by atoms with Crippen molar-refractivity contribution >= 4 is 30.1 Å². The van der Waals surface area contributed by atoms with Gasteiger partial charge in [0.25, 0.3) is 5.66 Å². The van der Waals surface area contributed by atoms with Crippen LogP contribution >= 0.6 is 0 Å². The van der Waals surface area contributed by atoms with Gasteiger partial charge in [-0.25, -0.2) is 20.0 Å². The molecular weight excluding hydrogens is 330 g/mol. The molecule has 2 amide bonds. The van der Waals surface area contributed by atoms with Gasteiger partial charge in [-0.3, -0.25) is 10.7 Å². The summed E-state index contributed by atoms with van der Waals surface area (Å²) < 4.78 is 0. The van der Waals surface area contributed by atoms with Crippen LogP contribution in [0.3, 0.4) is 0 Å². The first-order valence-electron chi connectivity index (χ1n) is 6.94. The van der Waals surface area contributed by atoms with E-state index in [1.807, 2.05) is 19.1 Å². The maximum atomic E-state index is 11.3. The summed E-state index contributed by atoms with van der Waals surface area (Å²) in [4.78, 5) is 25.4. The number of urea groups is 1. The molecule has 0 bridgehead atoms. The van der Waals surface area contributed by atoms with Gasteiger partial charge in [0.2, 0.25) is 0 Å². The normalized spacial score (nSPS) is 21.6. The quantitative estimate of drug-likeness (QED) is 0.653. The standard InChI is InChI=1S/C10H11N5O.C3H4N4O2/c1-8-7-15(10(16)14-13-8)12-6-9-3-2-4-11-5-9;4-3(2(8)9)1-5-7-6-3/h2-6H,7H2,1H3,(H,14,16);1H,4H2,(H,8,9)/b12-6+;. The average molecular weight is 345 g/mol. The molecule has 0 aliphatic carbocycles. The Labute approximate surface area is 141 Å². The minimum Gasteiger partial charge on any atom is -0.478 e. The largest absolute Gasteiger partial charge is 0.478 e. The SMILES string of the molecule is CC1=NNC(=O)N(/N=C/c2cccnc2)C1.NC1(C(=O)O)C=NN=N1. The molecule has 0 saturated heterocycles. The van der Waals surface area contributed by atoms with Gasteiger partial charge in [0.1, 0.15) is 0 Å². The van der Waals surface area contributed by atoms with Crippen LogP contribution in [-0.2, 0) is 4.79 Å². The van der Waals surface area contributed by atoms with E-state index in [0.29, 0.717) is 6.54 Å². The molecule has 0 fully saturated rings. The van der Waals surface area contributed by atoms with Gasteiger partial charge in [0.05, 0.1) is 24.7 Å². The minimum atomic E-state index is -1.72. The summed E-state index contributed by atoms with van der Waals surface area (Å²) in [5.41, 5.74) is 7.39. The van der Waals surface area contributed by atoms with Crippen molar-refractivity contribution in [1.82, 2.24) is 15.4 Å². The number of pyridine rings is 1. The third-order valence-electron chi connectivity index (χ3n) is 2.85. The van der Waals surface area contributed by atoms with Crippen LogP contribution < -0.4 is 11.2 Å². The minimum absolute atomic E-state index is 0.328. The summed E-state index contributed by atoms with van der Waals surface area (Å²) in [6.07, 6.45) is 5.91. The van der Waals surface area contributed by atoms with Crippen LogP contribution in [-0.4, -0.2) is 57.4 Å². The van der Waals surface area contributed by atoms with Crippen LogP contribution in [0.5, 0.6) is 0 Å². The summed E-state index contributed by atoms with van der Waals surface area (Å²) in [5, 5.41) is 26.9. The Balaban J connectivity index is 0.000000212. The fraction of sp³-hybridized carbons (Fsp3) is 0.231. The molecule has 3 rings (SSSR count). The molecular formula is C13H15N9O3. The Morgan fingerprint density at radius 2 is 2.36 bits per heavy atom.